The summed E-state index contributed by atoms with van der Waals surface area (Å²) in [4.78, 5) is 61.4. The van der Waals surface area contributed by atoms with E-state index in [-0.39, 0.29) is 25.9 Å². The van der Waals surface area contributed by atoms with E-state index in [0.29, 0.717) is 40.9 Å². The number of carbonyl (C=O) groups is 4. The van der Waals surface area contributed by atoms with Crippen molar-refractivity contribution < 1.29 is 41.2 Å². The Hall–Kier alpha value is -4.49. The van der Waals surface area contributed by atoms with E-state index in [1.165, 1.54) is 16.8 Å². The van der Waals surface area contributed by atoms with Crippen LogP contribution in [0.4, 0.5) is 28.0 Å². The smallest absolute Gasteiger partial charge is 0.416 e. The highest BCUT2D eigenvalue weighted by Gasteiger charge is 2.58. The SMILES string of the molecule is Cc1nc2cc(N3C(=O)N(C)C(=O)C34CCN(C(=O)C(NC(=O)c3cc(C(F)(F)F)ccc3F)C(C)C)CC4)ccc2o1. The van der Waals surface area contributed by atoms with Crippen molar-refractivity contribution in [2.24, 2.45) is 5.92 Å². The molecule has 1 aromatic heterocycles. The van der Waals surface area contributed by atoms with Gasteiger partial charge in [-0.05, 0) is 55.2 Å². The zero-order chi connectivity index (χ0) is 31.4. The topological polar surface area (TPSA) is 116 Å². The van der Waals surface area contributed by atoms with Crippen LogP contribution in [-0.4, -0.2) is 70.3 Å². The first-order valence-electron chi connectivity index (χ1n) is 13.6. The average Bonchev–Trinajstić information content (AvgIpc) is 3.40. The van der Waals surface area contributed by atoms with Crippen LogP contribution < -0.4 is 10.2 Å². The lowest BCUT2D eigenvalue weighted by Crippen LogP contribution is -2.60. The van der Waals surface area contributed by atoms with Crippen molar-refractivity contribution in [1.82, 2.24) is 20.1 Å². The summed E-state index contributed by atoms with van der Waals surface area (Å²) >= 11 is 0. The predicted octanol–water partition coefficient (Wildman–Crippen LogP) is 4.51. The second-order valence-electron chi connectivity index (χ2n) is 11.1. The van der Waals surface area contributed by atoms with E-state index in [9.17, 15) is 36.7 Å². The second-order valence-corrected chi connectivity index (χ2v) is 11.1. The standard InChI is InChI=1S/C29H29F4N5O5/c1-15(2)23(35-24(39)19-13-17(29(31,32)33)5-7-20(19)30)25(40)37-11-9-28(10-12-37)26(41)36(4)27(42)38(28)18-6-8-22-21(14-18)34-16(3)43-22/h5-8,13-15,23H,9-12H2,1-4H3,(H,35,39). The molecule has 5 amide bonds. The summed E-state index contributed by atoms with van der Waals surface area (Å²) in [5, 5.41) is 2.39. The van der Waals surface area contributed by atoms with Gasteiger partial charge in [-0.3, -0.25) is 24.2 Å². The highest BCUT2D eigenvalue weighted by atomic mass is 19.4. The number of nitrogens with zero attached hydrogens (tertiary/aromatic N) is 4. The van der Waals surface area contributed by atoms with Gasteiger partial charge in [-0.2, -0.15) is 13.2 Å². The Kier molecular flexibility index (Phi) is 7.43. The molecule has 1 atom stereocenters. The zero-order valence-corrected chi connectivity index (χ0v) is 23.8. The molecule has 10 nitrogen and oxygen atoms in total. The van der Waals surface area contributed by atoms with Crippen LogP contribution in [0.5, 0.6) is 0 Å². The molecule has 228 valence electrons. The van der Waals surface area contributed by atoms with E-state index in [1.54, 1.807) is 39.0 Å². The number of amides is 5. The molecule has 5 rings (SSSR count). The Morgan fingerprint density at radius 1 is 1.07 bits per heavy atom. The van der Waals surface area contributed by atoms with Gasteiger partial charge in [0.25, 0.3) is 11.8 Å². The molecule has 3 heterocycles. The molecule has 0 saturated carbocycles. The molecule has 1 unspecified atom stereocenters. The Balaban J connectivity index is 1.36. The predicted molar refractivity (Wildman–Crippen MR) is 145 cm³/mol. The van der Waals surface area contributed by atoms with Crippen LogP contribution in [0, 0.1) is 18.7 Å². The van der Waals surface area contributed by atoms with Gasteiger partial charge in [-0.1, -0.05) is 13.8 Å². The summed E-state index contributed by atoms with van der Waals surface area (Å²) in [5.74, 6) is -3.34. The number of fused-ring (bicyclic) bond motifs is 1. The maximum atomic E-state index is 14.3. The Morgan fingerprint density at radius 2 is 1.74 bits per heavy atom. The molecule has 2 saturated heterocycles. The molecule has 0 bridgehead atoms. The van der Waals surface area contributed by atoms with Crippen LogP contribution >= 0.6 is 0 Å². The minimum Gasteiger partial charge on any atom is -0.441 e. The fraction of sp³-hybridized carbons (Fsp3) is 0.414. The number of oxazole rings is 1. The van der Waals surface area contributed by atoms with Gasteiger partial charge < -0.3 is 14.6 Å². The summed E-state index contributed by atoms with van der Waals surface area (Å²) < 4.78 is 59.3. The number of carbonyl (C=O) groups excluding carboxylic acids is 4. The number of halogens is 4. The normalized spacial score (nSPS) is 17.8. The number of anilines is 1. The summed E-state index contributed by atoms with van der Waals surface area (Å²) in [6.07, 6.45) is -4.62. The molecule has 2 aromatic carbocycles. The first-order valence-corrected chi connectivity index (χ1v) is 13.6. The number of likely N-dealkylation sites (tertiary alicyclic amines) is 1. The number of imide groups is 1. The number of alkyl halides is 3. The van der Waals surface area contributed by atoms with Gasteiger partial charge in [0.15, 0.2) is 11.5 Å². The van der Waals surface area contributed by atoms with Crippen LogP contribution in [0.1, 0.15) is 48.5 Å². The van der Waals surface area contributed by atoms with Gasteiger partial charge in [0, 0.05) is 32.7 Å². The van der Waals surface area contributed by atoms with Crippen LogP contribution in [-0.2, 0) is 15.8 Å². The average molecular weight is 604 g/mol. The maximum absolute atomic E-state index is 14.3. The molecule has 3 aromatic rings. The number of likely N-dealkylation sites (N-methyl/N-ethyl adjacent to an activating group) is 1. The molecule has 1 spiro atoms. The summed E-state index contributed by atoms with van der Waals surface area (Å²) in [6.45, 7) is 5.05. The third-order valence-corrected chi connectivity index (χ3v) is 8.01. The van der Waals surface area contributed by atoms with Crippen molar-refractivity contribution in [3.63, 3.8) is 0 Å². The molecule has 2 aliphatic heterocycles. The fourth-order valence-electron chi connectivity index (χ4n) is 5.69. The second kappa shape index (κ2) is 10.7. The number of urea groups is 1. The lowest BCUT2D eigenvalue weighted by molar-refractivity contribution is -0.139. The van der Waals surface area contributed by atoms with Crippen molar-refractivity contribution in [2.45, 2.75) is 51.4 Å². The number of hydrogen-bond donors (Lipinski definition) is 1. The quantitative estimate of drug-likeness (QED) is 0.339. The minimum atomic E-state index is -4.79. The molecule has 43 heavy (non-hydrogen) atoms. The number of benzene rings is 2. The van der Waals surface area contributed by atoms with Gasteiger partial charge in [0.2, 0.25) is 5.91 Å². The van der Waals surface area contributed by atoms with Crippen molar-refractivity contribution >= 4 is 40.5 Å². The fourth-order valence-corrected chi connectivity index (χ4v) is 5.69. The number of aryl methyl sites for hydroxylation is 1. The maximum Gasteiger partial charge on any atom is 0.416 e. The van der Waals surface area contributed by atoms with Gasteiger partial charge in [-0.25, -0.2) is 14.2 Å². The first-order chi connectivity index (χ1) is 20.1. The number of hydrogen-bond acceptors (Lipinski definition) is 6. The van der Waals surface area contributed by atoms with Crippen LogP contribution in [0.25, 0.3) is 11.1 Å². The lowest BCUT2D eigenvalue weighted by atomic mass is 9.85. The summed E-state index contributed by atoms with van der Waals surface area (Å²) in [6, 6.07) is 4.76. The molecular formula is C29H29F4N5O5. The number of nitrogens with one attached hydrogen (secondary N) is 1. The molecular weight excluding hydrogens is 574 g/mol. The Labute approximate surface area is 243 Å². The lowest BCUT2D eigenvalue weighted by Gasteiger charge is -2.43. The zero-order valence-electron chi connectivity index (χ0n) is 23.8. The monoisotopic (exact) mass is 603 g/mol. The van der Waals surface area contributed by atoms with E-state index in [1.807, 2.05) is 0 Å². The van der Waals surface area contributed by atoms with Gasteiger partial charge in [0.1, 0.15) is 22.9 Å². The largest absolute Gasteiger partial charge is 0.441 e. The van der Waals surface area contributed by atoms with Crippen molar-refractivity contribution in [1.29, 1.82) is 0 Å². The third-order valence-electron chi connectivity index (χ3n) is 8.01. The molecule has 14 heteroatoms. The Morgan fingerprint density at radius 3 is 2.37 bits per heavy atom. The molecule has 0 radical (unpaired) electrons. The number of piperidine rings is 1. The van der Waals surface area contributed by atoms with E-state index in [0.717, 1.165) is 4.90 Å². The van der Waals surface area contributed by atoms with E-state index in [2.05, 4.69) is 10.3 Å². The van der Waals surface area contributed by atoms with Gasteiger partial charge in [0.05, 0.1) is 11.1 Å². The van der Waals surface area contributed by atoms with Gasteiger partial charge >= 0.3 is 12.2 Å². The van der Waals surface area contributed by atoms with Crippen LogP contribution in [0.2, 0.25) is 0 Å². The molecule has 2 aliphatic rings. The minimum absolute atomic E-state index is 0.0461. The molecule has 1 N–H and O–H groups in total. The first kappa shape index (κ1) is 30.0. The van der Waals surface area contributed by atoms with Gasteiger partial charge in [-0.15, -0.1) is 0 Å². The summed E-state index contributed by atoms with van der Waals surface area (Å²) in [5.41, 5.74) is -1.82. The summed E-state index contributed by atoms with van der Waals surface area (Å²) in [7, 11) is 1.39. The molecule has 0 aliphatic carbocycles. The van der Waals surface area contributed by atoms with Crippen molar-refractivity contribution in [3.8, 4) is 0 Å². The highest BCUT2D eigenvalue weighted by molar-refractivity contribution is 6.17. The van der Waals surface area contributed by atoms with Crippen LogP contribution in [0.15, 0.2) is 40.8 Å². The van der Waals surface area contributed by atoms with E-state index >= 15 is 0 Å². The number of aromatic nitrogens is 1. The van der Waals surface area contributed by atoms with Crippen molar-refractivity contribution in [2.75, 3.05) is 25.0 Å². The van der Waals surface area contributed by atoms with E-state index in [4.69, 9.17) is 4.42 Å². The molecule has 2 fully saturated rings. The third kappa shape index (κ3) is 5.19. The highest BCUT2D eigenvalue weighted by Crippen LogP contribution is 2.41. The number of rotatable bonds is 5. The Bertz CT molecular complexity index is 1630. The van der Waals surface area contributed by atoms with Crippen LogP contribution in [0.3, 0.4) is 0 Å². The van der Waals surface area contributed by atoms with E-state index < -0.39 is 64.4 Å². The van der Waals surface area contributed by atoms with Crippen molar-refractivity contribution in [3.05, 3.63) is 59.2 Å².